The Hall–Kier alpha value is -1.11. The van der Waals surface area contributed by atoms with Crippen molar-refractivity contribution in [3.63, 3.8) is 0 Å². The summed E-state index contributed by atoms with van der Waals surface area (Å²) >= 11 is 1.56. The molecule has 1 fully saturated rings. The fraction of sp³-hybridized carbons (Fsp3) is 0.538. The highest BCUT2D eigenvalue weighted by Gasteiger charge is 2.21. The number of hydrogen-bond acceptors (Lipinski definition) is 5. The molecule has 6 heteroatoms. The molecule has 1 saturated heterocycles. The molecule has 1 N–H and O–H groups in total. The number of benzene rings is 1. The Labute approximate surface area is 117 Å². The minimum atomic E-state index is -0.374. The van der Waals surface area contributed by atoms with E-state index in [2.05, 4.69) is 16.5 Å². The molecule has 0 spiro atoms. The van der Waals surface area contributed by atoms with Crippen LogP contribution in [0.4, 0.5) is 5.69 Å². The topological polar surface area (TPSA) is 58.4 Å². The molecule has 1 heterocycles. The van der Waals surface area contributed by atoms with Crippen molar-refractivity contribution in [1.82, 2.24) is 9.62 Å². The summed E-state index contributed by atoms with van der Waals surface area (Å²) < 4.78 is 3.44. The van der Waals surface area contributed by atoms with Gasteiger partial charge in [0.15, 0.2) is 0 Å². The maximum Gasteiger partial charge on any atom is 0.269 e. The quantitative estimate of drug-likeness (QED) is 0.493. The number of nitrogens with one attached hydrogen (secondary N) is 1. The molecule has 104 valence electrons. The van der Waals surface area contributed by atoms with Crippen LogP contribution in [0.3, 0.4) is 0 Å². The minimum Gasteiger partial charge on any atom is -0.302 e. The third-order valence-corrected chi connectivity index (χ3v) is 4.16. The number of rotatable bonds is 6. The van der Waals surface area contributed by atoms with Gasteiger partial charge in [-0.05, 0) is 50.0 Å². The molecule has 0 aliphatic carbocycles. The summed E-state index contributed by atoms with van der Waals surface area (Å²) in [5.41, 5.74) is 0.138. The molecule has 1 aromatic rings. The average molecular weight is 281 g/mol. The van der Waals surface area contributed by atoms with Gasteiger partial charge in [-0.1, -0.05) is 6.92 Å². The first-order valence-electron chi connectivity index (χ1n) is 6.58. The third-order valence-electron chi connectivity index (χ3n) is 3.20. The summed E-state index contributed by atoms with van der Waals surface area (Å²) in [5.74, 6) is 0. The van der Waals surface area contributed by atoms with E-state index in [0.29, 0.717) is 6.04 Å². The lowest BCUT2D eigenvalue weighted by Gasteiger charge is -2.15. The van der Waals surface area contributed by atoms with Gasteiger partial charge in [-0.25, -0.2) is 0 Å². The van der Waals surface area contributed by atoms with Gasteiger partial charge in [0, 0.05) is 29.6 Å². The monoisotopic (exact) mass is 281 g/mol. The van der Waals surface area contributed by atoms with E-state index in [-0.39, 0.29) is 10.6 Å². The summed E-state index contributed by atoms with van der Waals surface area (Å²) in [5, 5.41) is 10.6. The van der Waals surface area contributed by atoms with E-state index >= 15 is 0 Å². The van der Waals surface area contributed by atoms with Crippen molar-refractivity contribution in [2.45, 2.75) is 30.7 Å². The zero-order valence-electron chi connectivity index (χ0n) is 11.0. The predicted molar refractivity (Wildman–Crippen MR) is 77.2 cm³/mol. The molecule has 5 nitrogen and oxygen atoms in total. The summed E-state index contributed by atoms with van der Waals surface area (Å²) in [4.78, 5) is 13.7. The van der Waals surface area contributed by atoms with Gasteiger partial charge in [-0.15, -0.1) is 0 Å². The lowest BCUT2D eigenvalue weighted by atomic mass is 10.3. The molecule has 0 unspecified atom stereocenters. The molecular formula is C13H19N3O2S. The van der Waals surface area contributed by atoms with Crippen LogP contribution in [0.2, 0.25) is 0 Å². The molecule has 1 aliphatic heterocycles. The van der Waals surface area contributed by atoms with Gasteiger partial charge in [-0.3, -0.25) is 14.8 Å². The second-order valence-electron chi connectivity index (χ2n) is 4.76. The van der Waals surface area contributed by atoms with Crippen molar-refractivity contribution in [2.24, 2.45) is 0 Å². The van der Waals surface area contributed by atoms with E-state index in [0.717, 1.165) is 18.0 Å². The number of nitrogens with zero attached hydrogens (tertiary/aromatic N) is 2. The SMILES string of the molecule is CCCN1CC[C@@H](NSc2ccc([N+](=O)[O-])cc2)C1. The van der Waals surface area contributed by atoms with Crippen LogP contribution in [-0.4, -0.2) is 35.5 Å². The van der Waals surface area contributed by atoms with E-state index in [9.17, 15) is 10.1 Å². The second kappa shape index (κ2) is 6.88. The van der Waals surface area contributed by atoms with Gasteiger partial charge in [0.2, 0.25) is 0 Å². The fourth-order valence-corrected chi connectivity index (χ4v) is 3.00. The first-order chi connectivity index (χ1) is 9.19. The van der Waals surface area contributed by atoms with Crippen LogP contribution < -0.4 is 4.72 Å². The third kappa shape index (κ3) is 4.19. The van der Waals surface area contributed by atoms with Crippen molar-refractivity contribution in [3.8, 4) is 0 Å². The Morgan fingerprint density at radius 1 is 1.47 bits per heavy atom. The number of non-ortho nitro benzene ring substituents is 1. The second-order valence-corrected chi connectivity index (χ2v) is 5.67. The van der Waals surface area contributed by atoms with Gasteiger partial charge >= 0.3 is 0 Å². The molecule has 0 amide bonds. The van der Waals surface area contributed by atoms with Crippen molar-refractivity contribution in [3.05, 3.63) is 34.4 Å². The van der Waals surface area contributed by atoms with Crippen molar-refractivity contribution in [2.75, 3.05) is 19.6 Å². The normalized spacial score (nSPS) is 19.7. The van der Waals surface area contributed by atoms with Crippen LogP contribution in [0, 0.1) is 10.1 Å². The first kappa shape index (κ1) is 14.3. The summed E-state index contributed by atoms with van der Waals surface area (Å²) in [6.45, 7) is 5.62. The predicted octanol–water partition coefficient (Wildman–Crippen LogP) is 2.68. The Morgan fingerprint density at radius 3 is 2.84 bits per heavy atom. The maximum atomic E-state index is 10.6. The van der Waals surface area contributed by atoms with Crippen LogP contribution in [0.1, 0.15) is 19.8 Å². The van der Waals surface area contributed by atoms with Crippen LogP contribution in [0.5, 0.6) is 0 Å². The van der Waals surface area contributed by atoms with E-state index in [1.807, 2.05) is 0 Å². The molecule has 1 aromatic carbocycles. The minimum absolute atomic E-state index is 0.138. The number of nitro benzene ring substituents is 1. The molecule has 0 bridgehead atoms. The van der Waals surface area contributed by atoms with Crippen LogP contribution >= 0.6 is 11.9 Å². The highest BCUT2D eigenvalue weighted by Crippen LogP contribution is 2.21. The van der Waals surface area contributed by atoms with E-state index in [1.54, 1.807) is 36.2 Å². The van der Waals surface area contributed by atoms with Gasteiger partial charge in [0.25, 0.3) is 5.69 Å². The highest BCUT2D eigenvalue weighted by atomic mass is 32.2. The van der Waals surface area contributed by atoms with Crippen LogP contribution in [0.15, 0.2) is 29.2 Å². The largest absolute Gasteiger partial charge is 0.302 e. The standard InChI is InChI=1S/C13H19N3O2S/c1-2-8-15-9-7-11(10-15)14-19-13-5-3-12(4-6-13)16(17)18/h3-6,11,14H,2,7-10H2,1H3/t11-/m1/s1. The molecule has 0 radical (unpaired) electrons. The van der Waals surface area contributed by atoms with Crippen LogP contribution in [-0.2, 0) is 0 Å². The van der Waals surface area contributed by atoms with E-state index < -0.39 is 0 Å². The Bertz CT molecular complexity index is 424. The smallest absolute Gasteiger partial charge is 0.269 e. The summed E-state index contributed by atoms with van der Waals surface area (Å²) in [7, 11) is 0. The van der Waals surface area contributed by atoms with Gasteiger partial charge < -0.3 is 4.90 Å². The van der Waals surface area contributed by atoms with E-state index in [4.69, 9.17) is 0 Å². The Balaban J connectivity index is 1.78. The van der Waals surface area contributed by atoms with Crippen molar-refractivity contribution in [1.29, 1.82) is 0 Å². The Morgan fingerprint density at radius 2 is 2.21 bits per heavy atom. The molecule has 19 heavy (non-hydrogen) atoms. The lowest BCUT2D eigenvalue weighted by molar-refractivity contribution is -0.384. The van der Waals surface area contributed by atoms with E-state index in [1.165, 1.54) is 19.4 Å². The maximum absolute atomic E-state index is 10.6. The van der Waals surface area contributed by atoms with Gasteiger partial charge in [0.05, 0.1) is 4.92 Å². The van der Waals surface area contributed by atoms with Gasteiger partial charge in [0.1, 0.15) is 0 Å². The Kier molecular flexibility index (Phi) is 5.18. The molecule has 0 saturated carbocycles. The lowest BCUT2D eigenvalue weighted by Crippen LogP contribution is -2.28. The fourth-order valence-electron chi connectivity index (χ4n) is 2.24. The molecule has 2 rings (SSSR count). The number of likely N-dealkylation sites (tertiary alicyclic amines) is 1. The first-order valence-corrected chi connectivity index (χ1v) is 7.40. The van der Waals surface area contributed by atoms with Gasteiger partial charge in [-0.2, -0.15) is 0 Å². The zero-order valence-corrected chi connectivity index (χ0v) is 11.9. The summed E-state index contributed by atoms with van der Waals surface area (Å²) in [6, 6.07) is 7.17. The number of hydrogen-bond donors (Lipinski definition) is 1. The van der Waals surface area contributed by atoms with Crippen molar-refractivity contribution < 1.29 is 4.92 Å². The molecule has 0 aromatic heterocycles. The molecule has 1 aliphatic rings. The number of nitro groups is 1. The molecule has 1 atom stereocenters. The zero-order chi connectivity index (χ0) is 13.7. The molecular weight excluding hydrogens is 262 g/mol. The average Bonchev–Trinajstić information content (AvgIpc) is 2.85. The summed E-state index contributed by atoms with van der Waals surface area (Å²) in [6.07, 6.45) is 2.36. The highest BCUT2D eigenvalue weighted by molar-refractivity contribution is 7.97. The van der Waals surface area contributed by atoms with Crippen LogP contribution in [0.25, 0.3) is 0 Å². The van der Waals surface area contributed by atoms with Crippen molar-refractivity contribution >= 4 is 17.6 Å².